The first kappa shape index (κ1) is 19.8. The fourth-order valence-electron chi connectivity index (χ4n) is 3.19. The van der Waals surface area contributed by atoms with Crippen molar-refractivity contribution in [1.29, 1.82) is 0 Å². The maximum atomic E-state index is 11.5. The van der Waals surface area contributed by atoms with Gasteiger partial charge in [0.15, 0.2) is 0 Å². The lowest BCUT2D eigenvalue weighted by atomic mass is 10.1. The highest BCUT2D eigenvalue weighted by molar-refractivity contribution is 7.98. The topological polar surface area (TPSA) is 54.3 Å². The first-order chi connectivity index (χ1) is 13.1. The van der Waals surface area contributed by atoms with Gasteiger partial charge in [-0.1, -0.05) is 48.0 Å². The van der Waals surface area contributed by atoms with E-state index in [-0.39, 0.29) is 0 Å². The number of benzene rings is 2. The van der Waals surface area contributed by atoms with Gasteiger partial charge in [0.1, 0.15) is 6.04 Å². The Hall–Kier alpha value is -1.95. The van der Waals surface area contributed by atoms with Crippen LogP contribution in [0.4, 0.5) is 0 Å². The van der Waals surface area contributed by atoms with Crippen molar-refractivity contribution in [3.63, 3.8) is 0 Å². The van der Waals surface area contributed by atoms with Crippen molar-refractivity contribution in [2.75, 3.05) is 12.0 Å². The molecule has 2 aromatic carbocycles. The molecule has 0 aliphatic heterocycles. The molecule has 4 nitrogen and oxygen atoms in total. The Bertz CT molecular complexity index is 925. The van der Waals surface area contributed by atoms with E-state index in [1.54, 1.807) is 11.8 Å². The van der Waals surface area contributed by atoms with Gasteiger partial charge < -0.3 is 15.0 Å². The second-order valence-corrected chi connectivity index (χ2v) is 7.84. The van der Waals surface area contributed by atoms with E-state index >= 15 is 0 Å². The van der Waals surface area contributed by atoms with Crippen LogP contribution in [0.3, 0.4) is 0 Å². The molecule has 0 saturated heterocycles. The number of aliphatic carboxylic acids is 1. The van der Waals surface area contributed by atoms with Crippen molar-refractivity contribution in [2.24, 2.45) is 0 Å². The van der Waals surface area contributed by atoms with Gasteiger partial charge in [-0.25, -0.2) is 0 Å². The first-order valence-electron chi connectivity index (χ1n) is 8.85. The minimum Gasteiger partial charge on any atom is -0.480 e. The molecule has 0 saturated carbocycles. The molecule has 142 valence electrons. The summed E-state index contributed by atoms with van der Waals surface area (Å²) >= 11 is 7.98. The second kappa shape index (κ2) is 9.31. The molecule has 0 spiro atoms. The summed E-state index contributed by atoms with van der Waals surface area (Å²) in [6.07, 6.45) is 4.69. The Labute approximate surface area is 168 Å². The molecule has 0 aliphatic carbocycles. The molecule has 0 radical (unpaired) electrons. The van der Waals surface area contributed by atoms with Crippen LogP contribution in [-0.2, 0) is 17.9 Å². The average Bonchev–Trinajstić information content (AvgIpc) is 3.01. The minimum atomic E-state index is -0.802. The van der Waals surface area contributed by atoms with Crippen LogP contribution in [0.1, 0.15) is 17.5 Å². The fourth-order valence-corrected chi connectivity index (χ4v) is 3.85. The maximum absolute atomic E-state index is 11.5. The number of hydrogen-bond acceptors (Lipinski definition) is 3. The Kier molecular flexibility index (Phi) is 6.83. The van der Waals surface area contributed by atoms with Crippen molar-refractivity contribution >= 4 is 40.2 Å². The number of aromatic nitrogens is 1. The zero-order valence-electron chi connectivity index (χ0n) is 15.2. The number of nitrogens with zero attached hydrogens (tertiary/aromatic N) is 1. The van der Waals surface area contributed by atoms with E-state index in [2.05, 4.69) is 28.2 Å². The van der Waals surface area contributed by atoms with Gasteiger partial charge in [0.2, 0.25) is 0 Å². The monoisotopic (exact) mass is 402 g/mol. The molecular formula is C21H23ClN2O2S. The number of carboxylic acid groups (broad SMARTS) is 1. The number of rotatable bonds is 9. The summed E-state index contributed by atoms with van der Waals surface area (Å²) in [5.41, 5.74) is 3.26. The lowest BCUT2D eigenvalue weighted by Gasteiger charge is -2.13. The van der Waals surface area contributed by atoms with Crippen LogP contribution in [0.15, 0.2) is 54.7 Å². The van der Waals surface area contributed by atoms with Crippen LogP contribution in [-0.4, -0.2) is 33.7 Å². The summed E-state index contributed by atoms with van der Waals surface area (Å²) in [4.78, 5) is 11.5. The third kappa shape index (κ3) is 4.86. The molecule has 6 heteroatoms. The Morgan fingerprint density at radius 3 is 2.67 bits per heavy atom. The summed E-state index contributed by atoms with van der Waals surface area (Å²) in [6.45, 7) is 1.19. The van der Waals surface area contributed by atoms with E-state index in [1.807, 2.05) is 42.7 Å². The smallest absolute Gasteiger partial charge is 0.320 e. The second-order valence-electron chi connectivity index (χ2n) is 6.44. The van der Waals surface area contributed by atoms with E-state index in [0.29, 0.717) is 19.5 Å². The van der Waals surface area contributed by atoms with Crippen molar-refractivity contribution in [2.45, 2.75) is 25.6 Å². The van der Waals surface area contributed by atoms with Crippen LogP contribution < -0.4 is 5.32 Å². The maximum Gasteiger partial charge on any atom is 0.320 e. The quantitative estimate of drug-likeness (QED) is 0.547. The molecule has 1 atom stereocenters. The molecule has 0 fully saturated rings. The number of fused-ring (bicyclic) bond motifs is 1. The SMILES string of the molecule is CSCCC(NCc1cn(Cc2ccccc2Cl)c2ccccc12)C(=O)O. The number of carbonyl (C=O) groups is 1. The number of nitrogens with one attached hydrogen (secondary N) is 1. The molecule has 1 heterocycles. The van der Waals surface area contributed by atoms with Gasteiger partial charge in [-0.05, 0) is 41.7 Å². The standard InChI is InChI=1S/C21H23ClN2O2S/c1-27-11-10-19(21(25)26)23-12-16-14-24(20-9-5-3-7-17(16)20)13-15-6-2-4-8-18(15)22/h2-9,14,19,23H,10-13H2,1H3,(H,25,26). The van der Waals surface area contributed by atoms with Gasteiger partial charge in [-0.15, -0.1) is 0 Å². The highest BCUT2D eigenvalue weighted by Gasteiger charge is 2.17. The summed E-state index contributed by atoms with van der Waals surface area (Å²) in [7, 11) is 0. The van der Waals surface area contributed by atoms with Gasteiger partial charge >= 0.3 is 5.97 Å². The highest BCUT2D eigenvalue weighted by atomic mass is 35.5. The molecule has 27 heavy (non-hydrogen) atoms. The molecular weight excluding hydrogens is 380 g/mol. The Morgan fingerprint density at radius 2 is 1.93 bits per heavy atom. The lowest BCUT2D eigenvalue weighted by molar-refractivity contribution is -0.139. The predicted octanol–water partition coefficient (Wildman–Crippen LogP) is 4.64. The molecule has 3 rings (SSSR count). The molecule has 2 N–H and O–H groups in total. The van der Waals surface area contributed by atoms with Crippen LogP contribution >= 0.6 is 23.4 Å². The number of para-hydroxylation sites is 1. The van der Waals surface area contributed by atoms with E-state index < -0.39 is 12.0 Å². The first-order valence-corrected chi connectivity index (χ1v) is 10.6. The Morgan fingerprint density at radius 1 is 1.19 bits per heavy atom. The lowest BCUT2D eigenvalue weighted by Crippen LogP contribution is -2.36. The van der Waals surface area contributed by atoms with Crippen molar-refractivity contribution in [3.8, 4) is 0 Å². The summed E-state index contributed by atoms with van der Waals surface area (Å²) in [5.74, 6) is 0.0157. The van der Waals surface area contributed by atoms with Crippen molar-refractivity contribution in [3.05, 3.63) is 70.9 Å². The largest absolute Gasteiger partial charge is 0.480 e. The average molecular weight is 403 g/mol. The molecule has 3 aromatic rings. The number of thioether (sulfide) groups is 1. The van der Waals surface area contributed by atoms with Crippen LogP contribution in [0.2, 0.25) is 5.02 Å². The molecule has 0 bridgehead atoms. The summed E-state index contributed by atoms with van der Waals surface area (Å²) < 4.78 is 2.17. The number of hydrogen-bond donors (Lipinski definition) is 2. The fraction of sp³-hybridized carbons (Fsp3) is 0.286. The van der Waals surface area contributed by atoms with E-state index in [9.17, 15) is 9.90 Å². The highest BCUT2D eigenvalue weighted by Crippen LogP contribution is 2.24. The molecule has 1 aromatic heterocycles. The molecule has 0 aliphatic rings. The molecule has 0 amide bonds. The third-order valence-corrected chi connectivity index (χ3v) is 5.63. The minimum absolute atomic E-state index is 0.515. The predicted molar refractivity (Wildman–Crippen MR) is 114 cm³/mol. The van der Waals surface area contributed by atoms with Crippen LogP contribution in [0.25, 0.3) is 10.9 Å². The van der Waals surface area contributed by atoms with Gasteiger partial charge in [0.05, 0.1) is 0 Å². The van der Waals surface area contributed by atoms with Crippen molar-refractivity contribution < 1.29 is 9.90 Å². The third-order valence-electron chi connectivity index (χ3n) is 4.62. The molecule has 1 unspecified atom stereocenters. The zero-order valence-corrected chi connectivity index (χ0v) is 16.8. The van der Waals surface area contributed by atoms with E-state index in [1.165, 1.54) is 0 Å². The van der Waals surface area contributed by atoms with Gasteiger partial charge in [-0.3, -0.25) is 4.79 Å². The normalized spacial score (nSPS) is 12.4. The number of carboxylic acids is 1. The van der Waals surface area contributed by atoms with Crippen molar-refractivity contribution in [1.82, 2.24) is 9.88 Å². The summed E-state index contributed by atoms with van der Waals surface area (Å²) in [6, 6.07) is 15.5. The van der Waals surface area contributed by atoms with E-state index in [4.69, 9.17) is 11.6 Å². The van der Waals surface area contributed by atoms with Gasteiger partial charge in [0, 0.05) is 35.2 Å². The van der Waals surface area contributed by atoms with Crippen LogP contribution in [0, 0.1) is 0 Å². The Balaban J connectivity index is 1.84. The summed E-state index contributed by atoms with van der Waals surface area (Å²) in [5, 5.41) is 14.5. The van der Waals surface area contributed by atoms with Gasteiger partial charge in [-0.2, -0.15) is 11.8 Å². The number of halogens is 1. The zero-order chi connectivity index (χ0) is 19.2. The van der Waals surface area contributed by atoms with Gasteiger partial charge in [0.25, 0.3) is 0 Å². The van der Waals surface area contributed by atoms with E-state index in [0.717, 1.165) is 32.8 Å². The van der Waals surface area contributed by atoms with Crippen LogP contribution in [0.5, 0.6) is 0 Å².